The lowest BCUT2D eigenvalue weighted by atomic mass is 9.74. The molecule has 0 radical (unpaired) electrons. The third kappa shape index (κ3) is 7.22. The highest BCUT2D eigenvalue weighted by molar-refractivity contribution is 5.98. The van der Waals surface area contributed by atoms with Gasteiger partial charge in [-0.25, -0.2) is 14.4 Å². The predicted molar refractivity (Wildman–Crippen MR) is 163 cm³/mol. The molecule has 14 nitrogen and oxygen atoms in total. The van der Waals surface area contributed by atoms with Gasteiger partial charge in [0.25, 0.3) is 0 Å². The Bertz CT molecular complexity index is 1320. The maximum absolute atomic E-state index is 13.1. The van der Waals surface area contributed by atoms with Crippen molar-refractivity contribution in [1.29, 1.82) is 0 Å². The first-order valence-electron chi connectivity index (χ1n) is 15.6. The van der Waals surface area contributed by atoms with E-state index < -0.39 is 90.1 Å². The molecule has 1 aromatic rings. The molecule has 3 unspecified atom stereocenters. The number of fused-ring (bicyclic) bond motifs is 2. The molecule has 0 aromatic heterocycles. The largest absolute Gasteiger partial charge is 0.479 e. The fourth-order valence-corrected chi connectivity index (χ4v) is 6.45. The molecule has 47 heavy (non-hydrogen) atoms. The standard InChI is InChI=1S/C33H46O14/c1-6-17(2)14-19(4)22(34)16-23(35)45-26-25(37)31(13-12-18(3)24(36)20(5)15-21-10-8-7-9-11-21)46-27(28(38)39)32(44,29(40)41)33(26,47-31)30(42)43/h7-11,17,19-20,22,24-27,34,36-37,44H,3,6,12-16H2,1-2,4-5H3,(H,38,39)(H,40,41)(H,42,43)/t17?,19?,20-,22?,24-,25-,26-,27-,31-,32-,33-/m1/s1. The van der Waals surface area contributed by atoms with Gasteiger partial charge >= 0.3 is 23.9 Å². The van der Waals surface area contributed by atoms with E-state index in [1.807, 2.05) is 44.2 Å². The van der Waals surface area contributed by atoms with Gasteiger partial charge in [-0.15, -0.1) is 0 Å². The monoisotopic (exact) mass is 666 g/mol. The molecular weight excluding hydrogens is 620 g/mol. The zero-order valence-corrected chi connectivity index (χ0v) is 26.9. The first-order valence-corrected chi connectivity index (χ1v) is 15.6. The molecule has 0 amide bonds. The van der Waals surface area contributed by atoms with Crippen LogP contribution in [0.25, 0.3) is 0 Å². The number of hydrogen-bond acceptors (Lipinski definition) is 11. The molecule has 2 aliphatic heterocycles. The molecule has 3 rings (SSSR count). The summed E-state index contributed by atoms with van der Waals surface area (Å²) in [5, 5.41) is 74.8. The van der Waals surface area contributed by atoms with Crippen LogP contribution in [-0.2, 0) is 39.8 Å². The van der Waals surface area contributed by atoms with E-state index in [-0.39, 0.29) is 23.8 Å². The van der Waals surface area contributed by atoms with E-state index in [4.69, 9.17) is 14.2 Å². The van der Waals surface area contributed by atoms with E-state index in [0.717, 1.165) is 12.0 Å². The molecule has 2 saturated heterocycles. The topological polar surface area (TPSA) is 238 Å². The maximum Gasteiger partial charge on any atom is 0.344 e. The third-order valence-corrected chi connectivity index (χ3v) is 9.52. The van der Waals surface area contributed by atoms with E-state index in [1.54, 1.807) is 13.8 Å². The van der Waals surface area contributed by atoms with Gasteiger partial charge in [0.05, 0.1) is 18.6 Å². The van der Waals surface area contributed by atoms with Crippen LogP contribution in [0.15, 0.2) is 42.5 Å². The van der Waals surface area contributed by atoms with Crippen molar-refractivity contribution in [2.24, 2.45) is 17.8 Å². The second-order valence-electron chi connectivity index (χ2n) is 13.0. The Hall–Kier alpha value is -3.40. The van der Waals surface area contributed by atoms with Crippen molar-refractivity contribution in [3.8, 4) is 0 Å². The van der Waals surface area contributed by atoms with Crippen LogP contribution in [-0.4, -0.2) is 107 Å². The summed E-state index contributed by atoms with van der Waals surface area (Å²) >= 11 is 0. The van der Waals surface area contributed by atoms with Gasteiger partial charge in [0.1, 0.15) is 6.10 Å². The first-order chi connectivity index (χ1) is 21.9. The minimum atomic E-state index is -3.92. The summed E-state index contributed by atoms with van der Waals surface area (Å²) in [7, 11) is 0. The number of esters is 1. The molecule has 2 bridgehead atoms. The number of ether oxygens (including phenoxy) is 3. The fraction of sp³-hybridized carbons (Fsp3) is 0.636. The summed E-state index contributed by atoms with van der Waals surface area (Å²) in [6, 6.07) is 9.26. The van der Waals surface area contributed by atoms with Crippen LogP contribution in [0.3, 0.4) is 0 Å². The number of carbonyl (C=O) groups excluding carboxylic acids is 1. The average Bonchev–Trinajstić information content (AvgIpc) is 3.23. The maximum atomic E-state index is 13.1. The Labute approximate surface area is 272 Å². The van der Waals surface area contributed by atoms with Crippen LogP contribution < -0.4 is 0 Å². The van der Waals surface area contributed by atoms with E-state index in [0.29, 0.717) is 12.8 Å². The number of carboxylic acids is 3. The lowest BCUT2D eigenvalue weighted by Crippen LogP contribution is -2.78. The molecule has 0 aliphatic carbocycles. The Kier molecular flexibility index (Phi) is 12.0. The quantitative estimate of drug-likeness (QED) is 0.0922. The molecule has 11 atom stereocenters. The lowest BCUT2D eigenvalue weighted by molar-refractivity contribution is -0.374. The number of aliphatic carboxylic acids is 3. The SMILES string of the molecule is C=C(CC[C@@]12O[C@H](C(=O)O)[C@@](O)(C(=O)O)[C@@](C(=O)O)(O1)[C@H](OC(=O)CC(O)C(C)CC(C)CC)[C@H]2O)[C@@H](O)[C@H](C)Cc1ccccc1. The van der Waals surface area contributed by atoms with Gasteiger partial charge in [0, 0.05) is 6.42 Å². The molecule has 0 spiro atoms. The van der Waals surface area contributed by atoms with Crippen molar-refractivity contribution in [3.05, 3.63) is 48.0 Å². The van der Waals surface area contributed by atoms with Crippen molar-refractivity contribution < 1.29 is 69.1 Å². The third-order valence-electron chi connectivity index (χ3n) is 9.52. The zero-order chi connectivity index (χ0) is 35.5. The Morgan fingerprint density at radius 2 is 1.62 bits per heavy atom. The van der Waals surface area contributed by atoms with Crippen LogP contribution in [0.1, 0.15) is 65.4 Å². The van der Waals surface area contributed by atoms with Crippen LogP contribution >= 0.6 is 0 Å². The van der Waals surface area contributed by atoms with Crippen molar-refractivity contribution in [1.82, 2.24) is 0 Å². The zero-order valence-electron chi connectivity index (χ0n) is 26.9. The molecule has 2 heterocycles. The molecule has 0 saturated carbocycles. The van der Waals surface area contributed by atoms with Crippen molar-refractivity contribution in [2.75, 3.05) is 0 Å². The van der Waals surface area contributed by atoms with Gasteiger partial charge in [-0.05, 0) is 48.2 Å². The normalized spacial score (nSPS) is 31.6. The molecule has 262 valence electrons. The van der Waals surface area contributed by atoms with Crippen molar-refractivity contribution in [2.45, 2.75) is 114 Å². The number of hydrogen-bond donors (Lipinski definition) is 7. The number of aliphatic hydroxyl groups excluding tert-OH is 3. The highest BCUT2D eigenvalue weighted by atomic mass is 16.8. The Balaban J connectivity index is 1.95. The summed E-state index contributed by atoms with van der Waals surface area (Å²) < 4.78 is 16.3. The van der Waals surface area contributed by atoms with Gasteiger partial charge in [0.2, 0.25) is 23.1 Å². The first kappa shape index (κ1) is 38.1. The molecule has 1 aromatic carbocycles. The Morgan fingerprint density at radius 3 is 2.15 bits per heavy atom. The summed E-state index contributed by atoms with van der Waals surface area (Å²) in [5.74, 6) is -11.2. The summed E-state index contributed by atoms with van der Waals surface area (Å²) in [5.41, 5.74) is -6.39. The van der Waals surface area contributed by atoms with E-state index in [2.05, 4.69) is 6.58 Å². The number of rotatable bonds is 17. The number of carbonyl (C=O) groups is 4. The fourth-order valence-electron chi connectivity index (χ4n) is 6.45. The predicted octanol–water partition coefficient (Wildman–Crippen LogP) is 1.51. The van der Waals surface area contributed by atoms with Crippen molar-refractivity contribution >= 4 is 23.9 Å². The summed E-state index contributed by atoms with van der Waals surface area (Å²) in [6.07, 6.45) is -9.80. The van der Waals surface area contributed by atoms with Gasteiger partial charge in [-0.1, -0.05) is 71.0 Å². The van der Waals surface area contributed by atoms with E-state index in [1.165, 1.54) is 0 Å². The van der Waals surface area contributed by atoms with Gasteiger partial charge in [0.15, 0.2) is 6.10 Å². The molecule has 2 fully saturated rings. The van der Waals surface area contributed by atoms with E-state index in [9.17, 15) is 54.9 Å². The second-order valence-corrected chi connectivity index (χ2v) is 13.0. The molecule has 2 aliphatic rings. The summed E-state index contributed by atoms with van der Waals surface area (Å²) in [4.78, 5) is 50.7. The smallest absolute Gasteiger partial charge is 0.344 e. The summed E-state index contributed by atoms with van der Waals surface area (Å²) in [6.45, 7) is 11.2. The van der Waals surface area contributed by atoms with Crippen LogP contribution in [0.4, 0.5) is 0 Å². The number of carboxylic acid groups (broad SMARTS) is 3. The highest BCUT2D eigenvalue weighted by Gasteiger charge is 2.85. The van der Waals surface area contributed by atoms with Gasteiger partial charge in [-0.2, -0.15) is 0 Å². The second kappa shape index (κ2) is 14.8. The minimum Gasteiger partial charge on any atom is -0.479 e. The van der Waals surface area contributed by atoms with Crippen LogP contribution in [0.5, 0.6) is 0 Å². The lowest BCUT2D eigenvalue weighted by Gasteiger charge is -2.48. The molecule has 14 heteroatoms. The van der Waals surface area contributed by atoms with E-state index >= 15 is 0 Å². The minimum absolute atomic E-state index is 0.174. The highest BCUT2D eigenvalue weighted by Crippen LogP contribution is 2.56. The molecular formula is C33H46O14. The van der Waals surface area contributed by atoms with Gasteiger partial charge < -0.3 is 50.0 Å². The van der Waals surface area contributed by atoms with Crippen LogP contribution in [0, 0.1) is 17.8 Å². The Morgan fingerprint density at radius 1 is 1.00 bits per heavy atom. The number of aliphatic hydroxyl groups is 4. The van der Waals surface area contributed by atoms with Gasteiger partial charge in [-0.3, -0.25) is 4.79 Å². The van der Waals surface area contributed by atoms with Crippen LogP contribution in [0.2, 0.25) is 0 Å². The number of benzene rings is 1. The molecule has 7 N–H and O–H groups in total. The average molecular weight is 667 g/mol. The van der Waals surface area contributed by atoms with Crippen molar-refractivity contribution in [3.63, 3.8) is 0 Å².